The molecule has 0 saturated heterocycles. The average molecular weight is 220 g/mol. The van der Waals surface area contributed by atoms with Gasteiger partial charge in [0, 0.05) is 7.05 Å². The molecule has 0 aliphatic carbocycles. The molecule has 0 aromatic heterocycles. The van der Waals surface area contributed by atoms with Gasteiger partial charge >= 0.3 is 0 Å². The molecule has 0 spiro atoms. The van der Waals surface area contributed by atoms with Gasteiger partial charge in [0.05, 0.1) is 10.2 Å². The summed E-state index contributed by atoms with van der Waals surface area (Å²) in [4.78, 5) is 10.4. The van der Waals surface area contributed by atoms with Gasteiger partial charge < -0.3 is 5.32 Å². The van der Waals surface area contributed by atoms with Crippen LogP contribution in [0.15, 0.2) is 22.3 Å². The number of hydrogen-bond donors (Lipinski definition) is 1. The van der Waals surface area contributed by atoms with Crippen molar-refractivity contribution in [1.29, 1.82) is 0 Å². The molecule has 0 heterocycles. The van der Waals surface area contributed by atoms with E-state index in [1.807, 2.05) is 20.0 Å². The van der Waals surface area contributed by atoms with Crippen LogP contribution in [-0.2, 0) is 4.79 Å². The van der Waals surface area contributed by atoms with E-state index < -0.39 is 0 Å². The zero-order valence-electron chi connectivity index (χ0n) is 8.06. The van der Waals surface area contributed by atoms with Gasteiger partial charge in [0.1, 0.15) is 6.29 Å². The Kier molecular flexibility index (Phi) is 6.82. The maximum absolute atomic E-state index is 10.4. The molecule has 2 nitrogen and oxygen atoms in total. The summed E-state index contributed by atoms with van der Waals surface area (Å²) in [5, 5.41) is 4.53. The fraction of sp³-hybridized carbons (Fsp3) is 0.444. The van der Waals surface area contributed by atoms with Crippen molar-refractivity contribution in [2.45, 2.75) is 13.8 Å². The minimum Gasteiger partial charge on any atom is -0.383 e. The number of nitrogens with one attached hydrogen (secondary N) is 1. The lowest BCUT2D eigenvalue weighted by Crippen LogP contribution is -2.04. The number of carbonyl (C=O) groups is 1. The largest absolute Gasteiger partial charge is 0.383 e. The number of hydrogen-bond acceptors (Lipinski definition) is 3. The van der Waals surface area contributed by atoms with Crippen LogP contribution in [0.1, 0.15) is 13.8 Å². The summed E-state index contributed by atoms with van der Waals surface area (Å²) in [5.41, 5.74) is 1.73. The molecule has 0 aliphatic rings. The summed E-state index contributed by atoms with van der Waals surface area (Å²) < 4.78 is 0. The molecule has 0 bridgehead atoms. The number of allylic oxidation sites excluding steroid dienone is 3. The van der Waals surface area contributed by atoms with Crippen molar-refractivity contribution in [2.75, 3.05) is 12.3 Å². The van der Waals surface area contributed by atoms with Crippen LogP contribution >= 0.6 is 23.4 Å². The molecule has 74 valence electrons. The van der Waals surface area contributed by atoms with Crippen molar-refractivity contribution in [3.63, 3.8) is 0 Å². The molecule has 1 N–H and O–H groups in total. The van der Waals surface area contributed by atoms with Crippen molar-refractivity contribution in [3.8, 4) is 0 Å². The van der Waals surface area contributed by atoms with E-state index >= 15 is 0 Å². The molecule has 0 radical (unpaired) electrons. The number of rotatable bonds is 5. The van der Waals surface area contributed by atoms with Crippen molar-refractivity contribution >= 4 is 29.6 Å². The smallest absolute Gasteiger partial charge is 0.145 e. The number of carbonyl (C=O) groups excluding carboxylic acids is 1. The molecule has 0 aliphatic heterocycles. The highest BCUT2D eigenvalue weighted by Crippen LogP contribution is 2.18. The molecule has 13 heavy (non-hydrogen) atoms. The van der Waals surface area contributed by atoms with Gasteiger partial charge in [-0.2, -0.15) is 0 Å². The lowest BCUT2D eigenvalue weighted by atomic mass is 10.2. The minimum absolute atomic E-state index is 0.501. The summed E-state index contributed by atoms with van der Waals surface area (Å²) in [6.07, 6.45) is 2.67. The Morgan fingerprint density at radius 2 is 2.15 bits per heavy atom. The molecule has 4 heteroatoms. The molecular weight excluding hydrogens is 206 g/mol. The highest BCUT2D eigenvalue weighted by Gasteiger charge is 1.98. The van der Waals surface area contributed by atoms with E-state index in [-0.39, 0.29) is 0 Å². The quantitative estimate of drug-likeness (QED) is 0.334. The van der Waals surface area contributed by atoms with Crippen LogP contribution in [-0.4, -0.2) is 18.5 Å². The molecule has 0 aromatic carbocycles. The van der Waals surface area contributed by atoms with Gasteiger partial charge in [-0.15, -0.1) is 11.6 Å². The normalized spacial score (nSPS) is 13.7. The van der Waals surface area contributed by atoms with Crippen LogP contribution in [0.4, 0.5) is 0 Å². The number of thioether (sulfide) groups is 1. The predicted octanol–water partition coefficient (Wildman–Crippen LogP) is 2.51. The molecular formula is C9H14ClNOS. The maximum atomic E-state index is 10.4. The second-order valence-electron chi connectivity index (χ2n) is 2.52. The molecule has 0 unspecified atom stereocenters. The van der Waals surface area contributed by atoms with E-state index in [0.717, 1.165) is 16.9 Å². The SMILES string of the molecule is CN/C(SCCl)=C(C)\C=C(/C)C=O. The molecule has 0 saturated carbocycles. The van der Waals surface area contributed by atoms with Crippen molar-refractivity contribution in [2.24, 2.45) is 0 Å². The van der Waals surface area contributed by atoms with E-state index in [1.54, 1.807) is 6.92 Å². The summed E-state index contributed by atoms with van der Waals surface area (Å²) in [6.45, 7) is 3.72. The highest BCUT2D eigenvalue weighted by molar-refractivity contribution is 8.04. The summed E-state index contributed by atoms with van der Waals surface area (Å²) in [5.74, 6) is 0. The molecule has 0 aromatic rings. The minimum atomic E-state index is 0.501. The third kappa shape index (κ3) is 5.01. The van der Waals surface area contributed by atoms with E-state index in [4.69, 9.17) is 11.6 Å². The van der Waals surface area contributed by atoms with Gasteiger partial charge in [-0.1, -0.05) is 17.8 Å². The first kappa shape index (κ1) is 12.6. The van der Waals surface area contributed by atoms with E-state index in [1.165, 1.54) is 11.8 Å². The van der Waals surface area contributed by atoms with Crippen LogP contribution in [0.5, 0.6) is 0 Å². The Labute approximate surface area is 88.4 Å². The molecule has 0 atom stereocenters. The topological polar surface area (TPSA) is 29.1 Å². The lowest BCUT2D eigenvalue weighted by molar-refractivity contribution is -0.104. The average Bonchev–Trinajstić information content (AvgIpc) is 2.13. The van der Waals surface area contributed by atoms with Crippen LogP contribution < -0.4 is 5.32 Å². The van der Waals surface area contributed by atoms with Gasteiger partial charge in [0.2, 0.25) is 0 Å². The van der Waals surface area contributed by atoms with Gasteiger partial charge in [-0.3, -0.25) is 4.79 Å². The van der Waals surface area contributed by atoms with E-state index in [9.17, 15) is 4.79 Å². The van der Waals surface area contributed by atoms with E-state index in [2.05, 4.69) is 5.32 Å². The summed E-state index contributed by atoms with van der Waals surface area (Å²) >= 11 is 7.10. The van der Waals surface area contributed by atoms with E-state index in [0.29, 0.717) is 10.8 Å². The van der Waals surface area contributed by atoms with Gasteiger partial charge in [0.15, 0.2) is 0 Å². The maximum Gasteiger partial charge on any atom is 0.145 e. The Hall–Kier alpha value is -0.410. The molecule has 0 rings (SSSR count). The zero-order chi connectivity index (χ0) is 10.3. The third-order valence-corrected chi connectivity index (χ3v) is 2.67. The highest BCUT2D eigenvalue weighted by atomic mass is 35.5. The Bertz CT molecular complexity index is 236. The number of alkyl halides is 1. The Balaban J connectivity index is 4.64. The fourth-order valence-electron chi connectivity index (χ4n) is 0.879. The molecule has 0 amide bonds. The number of aldehydes is 1. The van der Waals surface area contributed by atoms with Gasteiger partial charge in [0.25, 0.3) is 0 Å². The van der Waals surface area contributed by atoms with Crippen LogP contribution in [0, 0.1) is 0 Å². The van der Waals surface area contributed by atoms with Crippen LogP contribution in [0.3, 0.4) is 0 Å². The van der Waals surface area contributed by atoms with Gasteiger partial charge in [-0.25, -0.2) is 0 Å². The third-order valence-electron chi connectivity index (χ3n) is 1.41. The first-order valence-corrected chi connectivity index (χ1v) is 5.38. The standard InChI is InChI=1S/C9H14ClNOS/c1-7(5-12)4-8(2)9(11-3)13-6-10/h4-5,11H,6H2,1-3H3/b7-4+,9-8+. The second-order valence-corrected chi connectivity index (χ2v) is 4.09. The van der Waals surface area contributed by atoms with Crippen molar-refractivity contribution in [1.82, 2.24) is 5.32 Å². The summed E-state index contributed by atoms with van der Waals surface area (Å²) in [7, 11) is 1.84. The fourth-order valence-corrected chi connectivity index (χ4v) is 1.75. The first-order valence-electron chi connectivity index (χ1n) is 3.86. The second kappa shape index (κ2) is 7.04. The monoisotopic (exact) mass is 219 g/mol. The predicted molar refractivity (Wildman–Crippen MR) is 59.9 cm³/mol. The van der Waals surface area contributed by atoms with Crippen molar-refractivity contribution in [3.05, 3.63) is 22.3 Å². The Morgan fingerprint density at radius 3 is 2.54 bits per heavy atom. The molecule has 0 fully saturated rings. The lowest BCUT2D eigenvalue weighted by Gasteiger charge is -2.06. The first-order chi connectivity index (χ1) is 6.15. The zero-order valence-corrected chi connectivity index (χ0v) is 9.63. The Morgan fingerprint density at radius 1 is 1.54 bits per heavy atom. The van der Waals surface area contributed by atoms with Crippen molar-refractivity contribution < 1.29 is 4.79 Å². The van der Waals surface area contributed by atoms with Gasteiger partial charge in [-0.05, 0) is 25.0 Å². The van der Waals surface area contributed by atoms with Crippen LogP contribution in [0.25, 0.3) is 0 Å². The van der Waals surface area contributed by atoms with Crippen LogP contribution in [0.2, 0.25) is 0 Å². The summed E-state index contributed by atoms with van der Waals surface area (Å²) in [6, 6.07) is 0. The number of halogens is 1.